The van der Waals surface area contributed by atoms with Gasteiger partial charge in [-0.2, -0.15) is 0 Å². The molecule has 1 aliphatic rings. The van der Waals surface area contributed by atoms with Gasteiger partial charge in [-0.1, -0.05) is 52.3 Å². The van der Waals surface area contributed by atoms with E-state index in [1.165, 1.54) is 25.1 Å². The van der Waals surface area contributed by atoms with Gasteiger partial charge >= 0.3 is 0 Å². The summed E-state index contributed by atoms with van der Waals surface area (Å²) in [7, 11) is 0. The van der Waals surface area contributed by atoms with Crippen LogP contribution in [-0.4, -0.2) is 25.7 Å². The summed E-state index contributed by atoms with van der Waals surface area (Å²) in [4.78, 5) is 2.55. The smallest absolute Gasteiger partial charge is 0.0366 e. The molecule has 2 heteroatoms. The maximum Gasteiger partial charge on any atom is 0.0366 e. The summed E-state index contributed by atoms with van der Waals surface area (Å²) >= 11 is 0. The van der Waals surface area contributed by atoms with Crippen LogP contribution in [0.25, 0.3) is 0 Å². The Morgan fingerprint density at radius 2 is 1.85 bits per heavy atom. The second kappa shape index (κ2) is 6.62. The second-order valence-corrected chi connectivity index (χ2v) is 7.39. The van der Waals surface area contributed by atoms with E-state index in [0.29, 0.717) is 11.5 Å². The molecule has 0 spiro atoms. The van der Waals surface area contributed by atoms with Gasteiger partial charge < -0.3 is 10.2 Å². The van der Waals surface area contributed by atoms with E-state index in [9.17, 15) is 0 Å². The van der Waals surface area contributed by atoms with Crippen LogP contribution in [0.1, 0.15) is 40.5 Å². The fraction of sp³-hybridized carbons (Fsp3) is 0.667. The number of nitrogens with zero attached hydrogens (tertiary/aromatic N) is 1. The molecule has 0 radical (unpaired) electrons. The van der Waals surface area contributed by atoms with E-state index >= 15 is 0 Å². The minimum Gasteiger partial charge on any atom is -0.370 e. The maximum atomic E-state index is 3.78. The van der Waals surface area contributed by atoms with Gasteiger partial charge in [0.25, 0.3) is 0 Å². The van der Waals surface area contributed by atoms with Crippen molar-refractivity contribution in [3.05, 3.63) is 30.3 Å². The Balaban J connectivity index is 2.00. The van der Waals surface area contributed by atoms with Crippen molar-refractivity contribution in [1.29, 1.82) is 0 Å². The van der Waals surface area contributed by atoms with Crippen LogP contribution in [0.2, 0.25) is 0 Å². The highest BCUT2D eigenvalue weighted by Crippen LogP contribution is 2.25. The minimum absolute atomic E-state index is 0.358. The van der Waals surface area contributed by atoms with Crippen molar-refractivity contribution in [3.8, 4) is 0 Å². The maximum absolute atomic E-state index is 3.78. The average Bonchev–Trinajstić information content (AvgIpc) is 2.45. The molecule has 0 aromatic heterocycles. The zero-order valence-corrected chi connectivity index (χ0v) is 13.5. The van der Waals surface area contributed by atoms with Crippen LogP contribution < -0.4 is 10.2 Å². The van der Waals surface area contributed by atoms with E-state index in [1.54, 1.807) is 0 Å². The molecule has 2 nitrogen and oxygen atoms in total. The Morgan fingerprint density at radius 1 is 1.15 bits per heavy atom. The van der Waals surface area contributed by atoms with E-state index in [2.05, 4.69) is 68.2 Å². The molecule has 1 heterocycles. The van der Waals surface area contributed by atoms with Crippen molar-refractivity contribution >= 4 is 5.69 Å². The number of piperidine rings is 1. The summed E-state index contributed by atoms with van der Waals surface area (Å²) in [5.41, 5.74) is 1.73. The summed E-state index contributed by atoms with van der Waals surface area (Å²) in [6.07, 6.45) is 2.59. The molecule has 0 bridgehead atoms. The Hall–Kier alpha value is -1.02. The standard InChI is InChI=1S/C18H30N2/c1-5-15-11-16(19-14-18(2,3)4)13-20(12-15)17-9-7-6-8-10-17/h6-10,15-16,19H,5,11-14H2,1-4H3. The van der Waals surface area contributed by atoms with Crippen molar-refractivity contribution in [2.45, 2.75) is 46.6 Å². The van der Waals surface area contributed by atoms with Gasteiger partial charge in [-0.05, 0) is 29.9 Å². The molecular weight excluding hydrogens is 244 g/mol. The summed E-state index contributed by atoms with van der Waals surface area (Å²) in [5, 5.41) is 3.78. The number of benzene rings is 1. The van der Waals surface area contributed by atoms with Crippen LogP contribution in [0.15, 0.2) is 30.3 Å². The third kappa shape index (κ3) is 4.52. The molecule has 0 aliphatic carbocycles. The number of anilines is 1. The highest BCUT2D eigenvalue weighted by Gasteiger charge is 2.27. The SMILES string of the molecule is CCC1CC(NCC(C)(C)C)CN(c2ccccc2)C1. The highest BCUT2D eigenvalue weighted by molar-refractivity contribution is 5.46. The molecule has 0 saturated carbocycles. The lowest BCUT2D eigenvalue weighted by atomic mass is 9.90. The second-order valence-electron chi connectivity index (χ2n) is 7.39. The van der Waals surface area contributed by atoms with E-state index in [0.717, 1.165) is 19.0 Å². The first-order valence-corrected chi connectivity index (χ1v) is 8.01. The molecule has 0 amide bonds. The molecule has 1 saturated heterocycles. The van der Waals surface area contributed by atoms with Gasteiger partial charge in [0.05, 0.1) is 0 Å². The number of para-hydroxylation sites is 1. The summed E-state index contributed by atoms with van der Waals surface area (Å²) in [6.45, 7) is 12.7. The van der Waals surface area contributed by atoms with Gasteiger partial charge in [-0.15, -0.1) is 0 Å². The first kappa shape index (κ1) is 15.4. The van der Waals surface area contributed by atoms with Gasteiger partial charge in [0.15, 0.2) is 0 Å². The third-order valence-electron chi connectivity index (χ3n) is 4.16. The van der Waals surface area contributed by atoms with E-state index in [1.807, 2.05) is 0 Å². The lowest BCUT2D eigenvalue weighted by molar-refractivity contribution is 0.287. The van der Waals surface area contributed by atoms with E-state index in [-0.39, 0.29) is 0 Å². The zero-order valence-electron chi connectivity index (χ0n) is 13.5. The molecule has 1 N–H and O–H groups in total. The van der Waals surface area contributed by atoms with Gasteiger partial charge in [0.2, 0.25) is 0 Å². The molecule has 112 valence electrons. The molecular formula is C18H30N2. The Kier molecular flexibility index (Phi) is 5.09. The number of hydrogen-bond donors (Lipinski definition) is 1. The fourth-order valence-electron chi connectivity index (χ4n) is 2.95. The molecule has 1 aliphatic heterocycles. The normalized spacial score (nSPS) is 23.9. The van der Waals surface area contributed by atoms with Crippen molar-refractivity contribution in [2.75, 3.05) is 24.5 Å². The predicted octanol–water partition coefficient (Wildman–Crippen LogP) is 3.93. The summed E-state index contributed by atoms with van der Waals surface area (Å²) in [5.74, 6) is 0.807. The molecule has 20 heavy (non-hydrogen) atoms. The number of rotatable bonds is 4. The number of hydrogen-bond acceptors (Lipinski definition) is 2. The molecule has 2 unspecified atom stereocenters. The molecule has 1 fully saturated rings. The van der Waals surface area contributed by atoms with E-state index < -0.39 is 0 Å². The Bertz CT molecular complexity index is 394. The van der Waals surface area contributed by atoms with E-state index in [4.69, 9.17) is 0 Å². The van der Waals surface area contributed by atoms with Crippen LogP contribution >= 0.6 is 0 Å². The average molecular weight is 274 g/mol. The highest BCUT2D eigenvalue weighted by atomic mass is 15.2. The van der Waals surface area contributed by atoms with Crippen molar-refractivity contribution in [2.24, 2.45) is 11.3 Å². The lowest BCUT2D eigenvalue weighted by Crippen LogP contribution is -2.50. The third-order valence-corrected chi connectivity index (χ3v) is 4.16. The van der Waals surface area contributed by atoms with Crippen LogP contribution in [0.5, 0.6) is 0 Å². The Labute approximate surface area is 124 Å². The largest absolute Gasteiger partial charge is 0.370 e. The van der Waals surface area contributed by atoms with Crippen molar-refractivity contribution < 1.29 is 0 Å². The van der Waals surface area contributed by atoms with Gasteiger partial charge in [0, 0.05) is 31.4 Å². The van der Waals surface area contributed by atoms with Crippen LogP contribution in [-0.2, 0) is 0 Å². The van der Waals surface area contributed by atoms with Crippen LogP contribution in [0.4, 0.5) is 5.69 Å². The lowest BCUT2D eigenvalue weighted by Gasteiger charge is -2.40. The Morgan fingerprint density at radius 3 is 2.45 bits per heavy atom. The first-order valence-electron chi connectivity index (χ1n) is 8.01. The quantitative estimate of drug-likeness (QED) is 0.895. The zero-order chi connectivity index (χ0) is 14.6. The molecule has 1 aromatic rings. The monoisotopic (exact) mass is 274 g/mol. The molecule has 1 aromatic carbocycles. The van der Waals surface area contributed by atoms with Crippen LogP contribution in [0.3, 0.4) is 0 Å². The molecule has 2 rings (SSSR count). The fourth-order valence-corrected chi connectivity index (χ4v) is 2.95. The topological polar surface area (TPSA) is 15.3 Å². The number of nitrogens with one attached hydrogen (secondary N) is 1. The van der Waals surface area contributed by atoms with Crippen molar-refractivity contribution in [3.63, 3.8) is 0 Å². The minimum atomic E-state index is 0.358. The van der Waals surface area contributed by atoms with Gasteiger partial charge in [0.1, 0.15) is 0 Å². The van der Waals surface area contributed by atoms with Gasteiger partial charge in [-0.25, -0.2) is 0 Å². The summed E-state index contributed by atoms with van der Waals surface area (Å²) in [6, 6.07) is 11.5. The summed E-state index contributed by atoms with van der Waals surface area (Å²) < 4.78 is 0. The van der Waals surface area contributed by atoms with Gasteiger partial charge in [-0.3, -0.25) is 0 Å². The van der Waals surface area contributed by atoms with Crippen molar-refractivity contribution in [1.82, 2.24) is 5.32 Å². The first-order chi connectivity index (χ1) is 9.48. The van der Waals surface area contributed by atoms with Crippen LogP contribution in [0, 0.1) is 11.3 Å². The predicted molar refractivity (Wildman–Crippen MR) is 88.3 cm³/mol. The molecule has 2 atom stereocenters.